The standard InChI is InChI=1S/C18H31N5O6/c1-3-10(2)15(18(28)29)22-14(25)9-21-16(26)12-5-4-8-23(12)17(27)11(19)6-7-13(20)24/h10-12,15H,3-9,19H2,1-2H3,(H2,20,24)(H,21,26)(H,22,25)(H,28,29). The number of nitrogens with one attached hydrogen (secondary N) is 2. The van der Waals surface area contributed by atoms with Crippen LogP contribution in [0.5, 0.6) is 0 Å². The fourth-order valence-corrected chi connectivity index (χ4v) is 3.13. The third-order valence-electron chi connectivity index (χ3n) is 5.08. The molecule has 1 fully saturated rings. The normalized spacial score (nSPS) is 19.1. The molecule has 0 aromatic rings. The molecule has 0 bridgehead atoms. The molecule has 4 atom stereocenters. The average molecular weight is 413 g/mol. The smallest absolute Gasteiger partial charge is 0.326 e. The van der Waals surface area contributed by atoms with Crippen molar-refractivity contribution in [2.75, 3.05) is 13.1 Å². The van der Waals surface area contributed by atoms with Crippen LogP contribution in [0.2, 0.25) is 0 Å². The zero-order valence-corrected chi connectivity index (χ0v) is 16.8. The van der Waals surface area contributed by atoms with Crippen LogP contribution >= 0.6 is 0 Å². The Labute approximate surface area is 169 Å². The van der Waals surface area contributed by atoms with Crippen molar-refractivity contribution in [1.82, 2.24) is 15.5 Å². The summed E-state index contributed by atoms with van der Waals surface area (Å²) in [4.78, 5) is 60.4. The second-order valence-electron chi connectivity index (χ2n) is 7.29. The minimum absolute atomic E-state index is 0.0291. The van der Waals surface area contributed by atoms with Crippen LogP contribution in [-0.4, -0.2) is 70.8 Å². The van der Waals surface area contributed by atoms with Crippen molar-refractivity contribution in [3.63, 3.8) is 0 Å². The van der Waals surface area contributed by atoms with Gasteiger partial charge >= 0.3 is 5.97 Å². The van der Waals surface area contributed by atoms with Crippen molar-refractivity contribution in [1.29, 1.82) is 0 Å². The van der Waals surface area contributed by atoms with Gasteiger partial charge in [-0.3, -0.25) is 19.2 Å². The first-order chi connectivity index (χ1) is 13.6. The molecule has 1 heterocycles. The van der Waals surface area contributed by atoms with Crippen molar-refractivity contribution in [3.05, 3.63) is 0 Å². The predicted octanol–water partition coefficient (Wildman–Crippen LogP) is -1.70. The maximum Gasteiger partial charge on any atom is 0.326 e. The maximum atomic E-state index is 12.5. The second kappa shape index (κ2) is 11.3. The fourth-order valence-electron chi connectivity index (χ4n) is 3.13. The van der Waals surface area contributed by atoms with E-state index in [1.807, 2.05) is 6.92 Å². The number of rotatable bonds is 11. The van der Waals surface area contributed by atoms with Crippen LogP contribution in [0.1, 0.15) is 46.0 Å². The van der Waals surface area contributed by atoms with E-state index in [2.05, 4.69) is 10.6 Å². The first-order valence-electron chi connectivity index (χ1n) is 9.72. The van der Waals surface area contributed by atoms with Crippen molar-refractivity contribution in [2.24, 2.45) is 17.4 Å². The van der Waals surface area contributed by atoms with Gasteiger partial charge in [-0.05, 0) is 25.2 Å². The first kappa shape index (κ1) is 24.3. The van der Waals surface area contributed by atoms with Crippen LogP contribution in [0.15, 0.2) is 0 Å². The van der Waals surface area contributed by atoms with E-state index in [1.54, 1.807) is 6.92 Å². The molecule has 1 rings (SSSR count). The Balaban J connectivity index is 2.59. The average Bonchev–Trinajstić information content (AvgIpc) is 3.16. The SMILES string of the molecule is CCC(C)C(NC(=O)CNC(=O)C1CCCN1C(=O)C(N)CCC(N)=O)C(=O)O. The zero-order valence-electron chi connectivity index (χ0n) is 16.8. The monoisotopic (exact) mass is 413 g/mol. The van der Waals surface area contributed by atoms with E-state index in [1.165, 1.54) is 4.90 Å². The fraction of sp³-hybridized carbons (Fsp3) is 0.722. The molecule has 1 aliphatic heterocycles. The molecule has 0 radical (unpaired) electrons. The van der Waals surface area contributed by atoms with Gasteiger partial charge in [0.05, 0.1) is 12.6 Å². The highest BCUT2D eigenvalue weighted by molar-refractivity contribution is 5.93. The van der Waals surface area contributed by atoms with Crippen LogP contribution in [0.25, 0.3) is 0 Å². The lowest BCUT2D eigenvalue weighted by atomic mass is 9.99. The predicted molar refractivity (Wildman–Crippen MR) is 103 cm³/mol. The van der Waals surface area contributed by atoms with Crippen LogP contribution in [0.4, 0.5) is 0 Å². The van der Waals surface area contributed by atoms with E-state index < -0.39 is 54.3 Å². The summed E-state index contributed by atoms with van der Waals surface area (Å²) in [6, 6.07) is -2.75. The van der Waals surface area contributed by atoms with Crippen molar-refractivity contribution in [2.45, 2.75) is 64.1 Å². The molecule has 0 aromatic carbocycles. The van der Waals surface area contributed by atoms with E-state index in [0.717, 1.165) is 0 Å². The lowest BCUT2D eigenvalue weighted by Crippen LogP contribution is -2.53. The van der Waals surface area contributed by atoms with Crippen LogP contribution in [0, 0.1) is 5.92 Å². The number of carbonyl (C=O) groups is 5. The number of hydrogen-bond donors (Lipinski definition) is 5. The number of primary amides is 1. The molecule has 0 aliphatic carbocycles. The second-order valence-corrected chi connectivity index (χ2v) is 7.29. The Morgan fingerprint density at radius 1 is 1.24 bits per heavy atom. The Morgan fingerprint density at radius 3 is 2.45 bits per heavy atom. The van der Waals surface area contributed by atoms with Crippen LogP contribution in [-0.2, 0) is 24.0 Å². The lowest BCUT2D eigenvalue weighted by Gasteiger charge is -2.26. The Bertz CT molecular complexity index is 640. The summed E-state index contributed by atoms with van der Waals surface area (Å²) in [6.07, 6.45) is 1.66. The number of carbonyl (C=O) groups excluding carboxylic acids is 4. The van der Waals surface area contributed by atoms with E-state index in [9.17, 15) is 29.1 Å². The minimum Gasteiger partial charge on any atom is -0.480 e. The number of nitrogens with two attached hydrogens (primary N) is 2. The van der Waals surface area contributed by atoms with Gasteiger partial charge < -0.3 is 32.1 Å². The molecule has 4 amide bonds. The largest absolute Gasteiger partial charge is 0.480 e. The van der Waals surface area contributed by atoms with Crippen molar-refractivity contribution in [3.8, 4) is 0 Å². The van der Waals surface area contributed by atoms with Crippen LogP contribution < -0.4 is 22.1 Å². The summed E-state index contributed by atoms with van der Waals surface area (Å²) >= 11 is 0. The molecule has 1 saturated heterocycles. The van der Waals surface area contributed by atoms with E-state index in [0.29, 0.717) is 25.8 Å². The minimum atomic E-state index is -1.14. The lowest BCUT2D eigenvalue weighted by molar-refractivity contribution is -0.143. The van der Waals surface area contributed by atoms with Gasteiger partial charge in [-0.15, -0.1) is 0 Å². The number of amides is 4. The van der Waals surface area contributed by atoms with E-state index in [4.69, 9.17) is 11.5 Å². The van der Waals surface area contributed by atoms with Gasteiger partial charge in [0.25, 0.3) is 0 Å². The Hall–Kier alpha value is -2.69. The van der Waals surface area contributed by atoms with E-state index in [-0.39, 0.29) is 18.8 Å². The highest BCUT2D eigenvalue weighted by Crippen LogP contribution is 2.19. The van der Waals surface area contributed by atoms with Gasteiger partial charge in [0, 0.05) is 13.0 Å². The molecule has 11 heteroatoms. The summed E-state index contributed by atoms with van der Waals surface area (Å²) in [6.45, 7) is 3.48. The first-order valence-corrected chi connectivity index (χ1v) is 9.72. The number of carboxylic acid groups (broad SMARTS) is 1. The number of aliphatic carboxylic acids is 1. The molecule has 4 unspecified atom stereocenters. The molecule has 29 heavy (non-hydrogen) atoms. The molecule has 11 nitrogen and oxygen atoms in total. The number of nitrogens with zero attached hydrogens (tertiary/aromatic N) is 1. The Morgan fingerprint density at radius 2 is 1.90 bits per heavy atom. The summed E-state index contributed by atoms with van der Waals surface area (Å²) in [5.74, 6) is -3.56. The summed E-state index contributed by atoms with van der Waals surface area (Å²) in [7, 11) is 0. The topological polar surface area (TPSA) is 185 Å². The van der Waals surface area contributed by atoms with Gasteiger partial charge in [-0.2, -0.15) is 0 Å². The molecular weight excluding hydrogens is 382 g/mol. The number of likely N-dealkylation sites (tertiary alicyclic amines) is 1. The zero-order chi connectivity index (χ0) is 22.1. The number of hydrogen-bond acceptors (Lipinski definition) is 6. The Kier molecular flexibility index (Phi) is 9.53. The highest BCUT2D eigenvalue weighted by Gasteiger charge is 2.36. The number of carboxylic acids is 1. The molecule has 164 valence electrons. The molecule has 1 aliphatic rings. The third-order valence-corrected chi connectivity index (χ3v) is 5.08. The van der Waals surface area contributed by atoms with Crippen molar-refractivity contribution < 1.29 is 29.1 Å². The van der Waals surface area contributed by atoms with Crippen LogP contribution in [0.3, 0.4) is 0 Å². The highest BCUT2D eigenvalue weighted by atomic mass is 16.4. The quantitative estimate of drug-likeness (QED) is 0.267. The molecule has 0 saturated carbocycles. The summed E-state index contributed by atoms with van der Waals surface area (Å²) < 4.78 is 0. The summed E-state index contributed by atoms with van der Waals surface area (Å²) in [5.41, 5.74) is 10.9. The third kappa shape index (κ3) is 7.33. The molecule has 0 aromatic heterocycles. The molecule has 7 N–H and O–H groups in total. The van der Waals surface area contributed by atoms with Gasteiger partial charge in [0.2, 0.25) is 23.6 Å². The van der Waals surface area contributed by atoms with Crippen molar-refractivity contribution >= 4 is 29.6 Å². The van der Waals surface area contributed by atoms with Gasteiger partial charge in [0.15, 0.2) is 0 Å². The van der Waals surface area contributed by atoms with Gasteiger partial charge in [-0.25, -0.2) is 4.79 Å². The molecular formula is C18H31N5O6. The van der Waals surface area contributed by atoms with Gasteiger partial charge in [-0.1, -0.05) is 20.3 Å². The maximum absolute atomic E-state index is 12.5. The summed E-state index contributed by atoms with van der Waals surface area (Å²) in [5, 5.41) is 14.1. The van der Waals surface area contributed by atoms with Gasteiger partial charge in [0.1, 0.15) is 12.1 Å². The molecule has 0 spiro atoms. The van der Waals surface area contributed by atoms with E-state index >= 15 is 0 Å².